The molecule has 1 amide bonds. The molecule has 1 aromatic rings. The van der Waals surface area contributed by atoms with Crippen LogP contribution in [0.15, 0.2) is 12.4 Å². The second kappa shape index (κ2) is 8.29. The minimum absolute atomic E-state index is 0.0184. The van der Waals surface area contributed by atoms with E-state index in [4.69, 9.17) is 0 Å². The Hall–Kier alpha value is -1.85. The van der Waals surface area contributed by atoms with Crippen molar-refractivity contribution in [3.63, 3.8) is 0 Å². The molecule has 2 N–H and O–H groups in total. The molecule has 1 rings (SSSR count). The van der Waals surface area contributed by atoms with E-state index in [9.17, 15) is 4.79 Å². The molecule has 0 unspecified atom stereocenters. The Morgan fingerprint density at radius 3 is 2.74 bits per heavy atom. The SMILES string of the molecule is CCCNc1cc(N(CCC)CC(=O)NC)ncn1. The van der Waals surface area contributed by atoms with Crippen LogP contribution < -0.4 is 15.5 Å². The van der Waals surface area contributed by atoms with Crippen molar-refractivity contribution in [2.45, 2.75) is 26.7 Å². The van der Waals surface area contributed by atoms with Crippen molar-refractivity contribution in [2.75, 3.05) is 36.9 Å². The second-order valence-corrected chi connectivity index (χ2v) is 4.28. The molecule has 6 nitrogen and oxygen atoms in total. The molecule has 0 fully saturated rings. The molecule has 0 radical (unpaired) electrons. The lowest BCUT2D eigenvalue weighted by atomic mass is 10.3. The first-order valence-electron chi connectivity index (χ1n) is 6.72. The first-order chi connectivity index (χ1) is 9.21. The molecule has 0 saturated heterocycles. The average molecular weight is 265 g/mol. The summed E-state index contributed by atoms with van der Waals surface area (Å²) < 4.78 is 0. The van der Waals surface area contributed by atoms with Crippen molar-refractivity contribution in [3.8, 4) is 0 Å². The first-order valence-corrected chi connectivity index (χ1v) is 6.72. The van der Waals surface area contributed by atoms with Crippen LogP contribution in [0.4, 0.5) is 11.6 Å². The summed E-state index contributed by atoms with van der Waals surface area (Å²) >= 11 is 0. The van der Waals surface area contributed by atoms with Gasteiger partial charge in [0.25, 0.3) is 0 Å². The number of hydrogen-bond acceptors (Lipinski definition) is 5. The Morgan fingerprint density at radius 2 is 2.11 bits per heavy atom. The third-order valence-corrected chi connectivity index (χ3v) is 2.64. The van der Waals surface area contributed by atoms with Crippen LogP contribution in [-0.2, 0) is 4.79 Å². The highest BCUT2D eigenvalue weighted by atomic mass is 16.1. The smallest absolute Gasteiger partial charge is 0.239 e. The summed E-state index contributed by atoms with van der Waals surface area (Å²) in [6.07, 6.45) is 3.52. The number of aromatic nitrogens is 2. The van der Waals surface area contributed by atoms with Crippen LogP contribution in [0.5, 0.6) is 0 Å². The summed E-state index contributed by atoms with van der Waals surface area (Å²) in [6, 6.07) is 1.88. The maximum Gasteiger partial charge on any atom is 0.239 e. The molecule has 0 atom stereocenters. The van der Waals surface area contributed by atoms with Gasteiger partial charge in [-0.1, -0.05) is 13.8 Å². The van der Waals surface area contributed by atoms with Gasteiger partial charge in [-0.15, -0.1) is 0 Å². The Balaban J connectivity index is 2.79. The zero-order chi connectivity index (χ0) is 14.1. The Morgan fingerprint density at radius 1 is 1.32 bits per heavy atom. The predicted molar refractivity (Wildman–Crippen MR) is 77.4 cm³/mol. The van der Waals surface area contributed by atoms with Crippen LogP contribution in [0, 0.1) is 0 Å². The van der Waals surface area contributed by atoms with Crippen molar-refractivity contribution >= 4 is 17.5 Å². The van der Waals surface area contributed by atoms with E-state index < -0.39 is 0 Å². The molecular formula is C13H23N5O. The highest BCUT2D eigenvalue weighted by Crippen LogP contribution is 2.14. The predicted octanol–water partition coefficient (Wildman–Crippen LogP) is 1.26. The zero-order valence-electron chi connectivity index (χ0n) is 11.9. The highest BCUT2D eigenvalue weighted by Gasteiger charge is 2.11. The Labute approximate surface area is 114 Å². The summed E-state index contributed by atoms with van der Waals surface area (Å²) in [5.74, 6) is 1.55. The molecule has 0 aliphatic heterocycles. The van der Waals surface area contributed by atoms with Crippen LogP contribution >= 0.6 is 0 Å². The minimum Gasteiger partial charge on any atom is -0.370 e. The number of anilines is 2. The number of likely N-dealkylation sites (N-methyl/N-ethyl adjacent to an activating group) is 1. The number of rotatable bonds is 8. The van der Waals surface area contributed by atoms with Gasteiger partial charge in [0.1, 0.15) is 18.0 Å². The minimum atomic E-state index is -0.0184. The van der Waals surface area contributed by atoms with Crippen molar-refractivity contribution in [2.24, 2.45) is 0 Å². The van der Waals surface area contributed by atoms with E-state index >= 15 is 0 Å². The van der Waals surface area contributed by atoms with Crippen molar-refractivity contribution in [1.29, 1.82) is 0 Å². The maximum absolute atomic E-state index is 11.5. The third kappa shape index (κ3) is 5.11. The highest BCUT2D eigenvalue weighted by molar-refractivity contribution is 5.80. The fraction of sp³-hybridized carbons (Fsp3) is 0.615. The summed E-state index contributed by atoms with van der Waals surface area (Å²) in [4.78, 5) is 21.9. The van der Waals surface area contributed by atoms with E-state index in [1.54, 1.807) is 7.05 Å². The molecular weight excluding hydrogens is 242 g/mol. The number of nitrogens with zero attached hydrogens (tertiary/aromatic N) is 3. The molecule has 0 aliphatic carbocycles. The van der Waals surface area contributed by atoms with E-state index in [0.29, 0.717) is 6.54 Å². The Bertz CT molecular complexity index is 396. The number of carbonyl (C=O) groups excluding carboxylic acids is 1. The standard InChI is InChI=1S/C13H23N5O/c1-4-6-15-11-8-12(17-10-16-11)18(7-5-2)9-13(19)14-3/h8,10H,4-7,9H2,1-3H3,(H,14,19)(H,15,16,17). The molecule has 0 saturated carbocycles. The summed E-state index contributed by atoms with van der Waals surface area (Å²) in [7, 11) is 1.64. The van der Waals surface area contributed by atoms with Gasteiger partial charge in [-0.25, -0.2) is 9.97 Å². The van der Waals surface area contributed by atoms with Crippen molar-refractivity contribution in [3.05, 3.63) is 12.4 Å². The molecule has 6 heteroatoms. The summed E-state index contributed by atoms with van der Waals surface area (Å²) in [5.41, 5.74) is 0. The van der Waals surface area contributed by atoms with Crippen LogP contribution in [0.2, 0.25) is 0 Å². The molecule has 1 heterocycles. The van der Waals surface area contributed by atoms with Crippen molar-refractivity contribution in [1.82, 2.24) is 15.3 Å². The lowest BCUT2D eigenvalue weighted by molar-refractivity contribution is -0.119. The largest absolute Gasteiger partial charge is 0.370 e. The summed E-state index contributed by atoms with van der Waals surface area (Å²) in [6.45, 7) is 6.16. The normalized spacial score (nSPS) is 10.1. The van der Waals surface area contributed by atoms with Crippen molar-refractivity contribution < 1.29 is 4.79 Å². The molecule has 106 valence electrons. The van der Waals surface area contributed by atoms with Crippen LogP contribution in [0.3, 0.4) is 0 Å². The van der Waals surface area contributed by atoms with Crippen LogP contribution in [0.1, 0.15) is 26.7 Å². The van der Waals surface area contributed by atoms with Gasteiger partial charge in [-0.2, -0.15) is 0 Å². The topological polar surface area (TPSA) is 70.2 Å². The van der Waals surface area contributed by atoms with E-state index in [0.717, 1.165) is 37.6 Å². The van der Waals surface area contributed by atoms with Crippen LogP contribution in [-0.4, -0.2) is 42.6 Å². The molecule has 19 heavy (non-hydrogen) atoms. The zero-order valence-corrected chi connectivity index (χ0v) is 11.9. The summed E-state index contributed by atoms with van der Waals surface area (Å²) in [5, 5.41) is 5.85. The van der Waals surface area contributed by atoms with Gasteiger partial charge in [-0.05, 0) is 12.8 Å². The fourth-order valence-corrected chi connectivity index (χ4v) is 1.67. The third-order valence-electron chi connectivity index (χ3n) is 2.64. The average Bonchev–Trinajstić information content (AvgIpc) is 2.44. The molecule has 0 aromatic carbocycles. The van der Waals surface area contributed by atoms with E-state index in [-0.39, 0.29) is 5.91 Å². The number of carbonyl (C=O) groups is 1. The van der Waals surface area contributed by atoms with Gasteiger partial charge < -0.3 is 15.5 Å². The number of hydrogen-bond donors (Lipinski definition) is 2. The maximum atomic E-state index is 11.5. The second-order valence-electron chi connectivity index (χ2n) is 4.28. The molecule has 0 bridgehead atoms. The number of nitrogens with one attached hydrogen (secondary N) is 2. The number of amides is 1. The lowest BCUT2D eigenvalue weighted by Crippen LogP contribution is -2.36. The monoisotopic (exact) mass is 265 g/mol. The molecule has 0 aliphatic rings. The van der Waals surface area contributed by atoms with Gasteiger partial charge in [0.2, 0.25) is 5.91 Å². The van der Waals surface area contributed by atoms with Gasteiger partial charge >= 0.3 is 0 Å². The quantitative estimate of drug-likeness (QED) is 0.740. The van der Waals surface area contributed by atoms with Gasteiger partial charge in [0, 0.05) is 26.2 Å². The lowest BCUT2D eigenvalue weighted by Gasteiger charge is -2.22. The van der Waals surface area contributed by atoms with E-state index in [2.05, 4.69) is 34.4 Å². The van der Waals surface area contributed by atoms with E-state index in [1.165, 1.54) is 6.33 Å². The van der Waals surface area contributed by atoms with Gasteiger partial charge in [-0.3, -0.25) is 4.79 Å². The Kier molecular flexibility index (Phi) is 6.63. The molecule has 0 spiro atoms. The first kappa shape index (κ1) is 15.2. The van der Waals surface area contributed by atoms with Gasteiger partial charge in [0.05, 0.1) is 6.54 Å². The molecule has 1 aromatic heterocycles. The van der Waals surface area contributed by atoms with E-state index in [1.807, 2.05) is 11.0 Å². The van der Waals surface area contributed by atoms with Gasteiger partial charge in [0.15, 0.2) is 0 Å². The fourth-order valence-electron chi connectivity index (χ4n) is 1.67. The van der Waals surface area contributed by atoms with Crippen LogP contribution in [0.25, 0.3) is 0 Å².